The number of carbonyl (C=O) groups is 1. The van der Waals surface area contributed by atoms with Gasteiger partial charge in [0, 0.05) is 6.20 Å². The number of rotatable bonds is 3. The molecule has 2 aromatic rings. The fraction of sp³-hybridized carbons (Fsp3) is 0.111. The van der Waals surface area contributed by atoms with Gasteiger partial charge < -0.3 is 0 Å². The van der Waals surface area contributed by atoms with Gasteiger partial charge in [-0.15, -0.1) is 0 Å². The minimum absolute atomic E-state index is 0.0896. The molecule has 0 unspecified atom stereocenters. The van der Waals surface area contributed by atoms with Crippen molar-refractivity contribution in [1.29, 1.82) is 0 Å². The second kappa shape index (κ2) is 4.93. The van der Waals surface area contributed by atoms with Crippen molar-refractivity contribution in [3.8, 4) is 11.4 Å². The Balaban J connectivity index is 2.33. The second-order valence-electron chi connectivity index (χ2n) is 3.04. The molecule has 88 valence electrons. The molecule has 0 atom stereocenters. The predicted octanol–water partition coefficient (Wildman–Crippen LogP) is 0.708. The summed E-state index contributed by atoms with van der Waals surface area (Å²) in [5, 5.41) is 15.5. The zero-order valence-corrected chi connectivity index (χ0v) is 9.65. The van der Waals surface area contributed by atoms with Crippen LogP contribution < -0.4 is 5.48 Å². The van der Waals surface area contributed by atoms with Crippen LogP contribution in [-0.2, 0) is 0 Å². The number of aromatic amines is 1. The number of thioether (sulfide) groups is 1. The molecule has 0 radical (unpaired) electrons. The maximum Gasteiger partial charge on any atom is 0.295 e. The van der Waals surface area contributed by atoms with E-state index in [1.165, 1.54) is 23.3 Å². The normalized spacial score (nSPS) is 10.2. The van der Waals surface area contributed by atoms with Crippen LogP contribution in [0.3, 0.4) is 0 Å². The van der Waals surface area contributed by atoms with Crippen molar-refractivity contribution < 1.29 is 10.0 Å². The molecule has 0 aliphatic carbocycles. The van der Waals surface area contributed by atoms with Crippen molar-refractivity contribution in [1.82, 2.24) is 25.6 Å². The minimum atomic E-state index is -0.674. The Kier molecular flexibility index (Phi) is 3.35. The summed E-state index contributed by atoms with van der Waals surface area (Å²) in [6.45, 7) is 0. The molecule has 8 heteroatoms. The average Bonchev–Trinajstić information content (AvgIpc) is 2.87. The molecule has 1 amide bonds. The molecule has 0 fully saturated rings. The van der Waals surface area contributed by atoms with Gasteiger partial charge in [-0.3, -0.25) is 15.1 Å². The SMILES string of the molecule is CSc1nccc(-c2cc(C(=O)NO)n[nH]2)n1. The third kappa shape index (κ3) is 2.43. The molecule has 0 bridgehead atoms. The maximum absolute atomic E-state index is 11.1. The van der Waals surface area contributed by atoms with Gasteiger partial charge in [-0.25, -0.2) is 15.4 Å². The number of hydrogen-bond donors (Lipinski definition) is 3. The summed E-state index contributed by atoms with van der Waals surface area (Å²) in [7, 11) is 0. The van der Waals surface area contributed by atoms with Crippen LogP contribution >= 0.6 is 11.8 Å². The lowest BCUT2D eigenvalue weighted by Crippen LogP contribution is -2.18. The van der Waals surface area contributed by atoms with Gasteiger partial charge in [-0.1, -0.05) is 11.8 Å². The molecule has 2 rings (SSSR count). The van der Waals surface area contributed by atoms with Crippen LogP contribution in [0.2, 0.25) is 0 Å². The molecular formula is C9H9N5O2S. The number of amides is 1. The Morgan fingerprint density at radius 3 is 3.12 bits per heavy atom. The summed E-state index contributed by atoms with van der Waals surface area (Å²) in [6.07, 6.45) is 3.50. The highest BCUT2D eigenvalue weighted by molar-refractivity contribution is 7.98. The fourth-order valence-corrected chi connectivity index (χ4v) is 1.57. The lowest BCUT2D eigenvalue weighted by molar-refractivity contribution is 0.0700. The molecule has 2 heterocycles. The standard InChI is InChI=1S/C9H9N5O2S/c1-17-9-10-3-2-5(11-9)6-4-7(13-12-6)8(15)14-16/h2-4,16H,1H3,(H,12,13)(H,14,15). The van der Waals surface area contributed by atoms with E-state index in [4.69, 9.17) is 5.21 Å². The minimum Gasteiger partial charge on any atom is -0.288 e. The Hall–Kier alpha value is -1.93. The third-order valence-corrected chi connectivity index (χ3v) is 2.57. The summed E-state index contributed by atoms with van der Waals surface area (Å²) < 4.78 is 0. The lowest BCUT2D eigenvalue weighted by atomic mass is 10.3. The van der Waals surface area contributed by atoms with Gasteiger partial charge in [0.15, 0.2) is 10.9 Å². The Morgan fingerprint density at radius 1 is 1.59 bits per heavy atom. The Labute approximate surface area is 101 Å². The zero-order chi connectivity index (χ0) is 12.3. The molecule has 0 spiro atoms. The average molecular weight is 251 g/mol. The number of nitrogens with one attached hydrogen (secondary N) is 2. The highest BCUT2D eigenvalue weighted by Gasteiger charge is 2.11. The zero-order valence-electron chi connectivity index (χ0n) is 8.84. The van der Waals surface area contributed by atoms with Crippen molar-refractivity contribution >= 4 is 17.7 Å². The highest BCUT2D eigenvalue weighted by atomic mass is 32.2. The summed E-state index contributed by atoms with van der Waals surface area (Å²) in [4.78, 5) is 19.4. The van der Waals surface area contributed by atoms with Crippen molar-refractivity contribution in [2.45, 2.75) is 5.16 Å². The van der Waals surface area contributed by atoms with Gasteiger partial charge in [0.05, 0.1) is 11.4 Å². The van der Waals surface area contributed by atoms with Gasteiger partial charge >= 0.3 is 0 Å². The molecule has 0 saturated heterocycles. The summed E-state index contributed by atoms with van der Waals surface area (Å²) >= 11 is 1.42. The topological polar surface area (TPSA) is 104 Å². The second-order valence-corrected chi connectivity index (χ2v) is 3.81. The van der Waals surface area contributed by atoms with Gasteiger partial charge in [-0.2, -0.15) is 5.10 Å². The van der Waals surface area contributed by atoms with Gasteiger partial charge in [0.2, 0.25) is 0 Å². The van der Waals surface area contributed by atoms with Crippen LogP contribution in [0.15, 0.2) is 23.5 Å². The predicted molar refractivity (Wildman–Crippen MR) is 60.6 cm³/mol. The Bertz CT molecular complexity index is 542. The van der Waals surface area contributed by atoms with E-state index in [0.717, 1.165) is 0 Å². The number of H-pyrrole nitrogens is 1. The molecule has 0 saturated carbocycles. The highest BCUT2D eigenvalue weighted by Crippen LogP contribution is 2.17. The molecule has 0 aromatic carbocycles. The molecule has 0 aliphatic heterocycles. The molecule has 7 nitrogen and oxygen atoms in total. The molecule has 17 heavy (non-hydrogen) atoms. The van der Waals surface area contributed by atoms with Crippen LogP contribution in [0.5, 0.6) is 0 Å². The van der Waals surface area contributed by atoms with E-state index >= 15 is 0 Å². The first-order chi connectivity index (χ1) is 8.24. The Morgan fingerprint density at radius 2 is 2.41 bits per heavy atom. The third-order valence-electron chi connectivity index (χ3n) is 2.00. The van der Waals surface area contributed by atoms with E-state index in [0.29, 0.717) is 16.5 Å². The van der Waals surface area contributed by atoms with E-state index in [2.05, 4.69) is 20.2 Å². The first kappa shape index (κ1) is 11.6. The van der Waals surface area contributed by atoms with E-state index in [1.807, 2.05) is 6.26 Å². The molecule has 0 aliphatic rings. The van der Waals surface area contributed by atoms with E-state index in [1.54, 1.807) is 12.3 Å². The van der Waals surface area contributed by atoms with E-state index in [9.17, 15) is 4.79 Å². The van der Waals surface area contributed by atoms with Crippen LogP contribution in [0.1, 0.15) is 10.5 Å². The van der Waals surface area contributed by atoms with Gasteiger partial charge in [0.1, 0.15) is 0 Å². The van der Waals surface area contributed by atoms with Gasteiger partial charge in [-0.05, 0) is 18.4 Å². The summed E-state index contributed by atoms with van der Waals surface area (Å²) in [6, 6.07) is 3.20. The summed E-state index contributed by atoms with van der Waals surface area (Å²) in [5.41, 5.74) is 2.82. The van der Waals surface area contributed by atoms with E-state index < -0.39 is 5.91 Å². The van der Waals surface area contributed by atoms with Crippen molar-refractivity contribution in [3.05, 3.63) is 24.0 Å². The van der Waals surface area contributed by atoms with Crippen LogP contribution in [-0.4, -0.2) is 37.5 Å². The number of aromatic nitrogens is 4. The van der Waals surface area contributed by atoms with Crippen molar-refractivity contribution in [2.75, 3.05) is 6.26 Å². The number of hydroxylamine groups is 1. The molecular weight excluding hydrogens is 242 g/mol. The number of carbonyl (C=O) groups excluding carboxylic acids is 1. The van der Waals surface area contributed by atoms with Crippen molar-refractivity contribution in [3.63, 3.8) is 0 Å². The first-order valence-corrected chi connectivity index (χ1v) is 5.84. The number of hydrogen-bond acceptors (Lipinski definition) is 6. The molecule has 2 aromatic heterocycles. The maximum atomic E-state index is 11.1. The lowest BCUT2D eigenvalue weighted by Gasteiger charge is -1.97. The van der Waals surface area contributed by atoms with Gasteiger partial charge in [0.25, 0.3) is 5.91 Å². The first-order valence-electron chi connectivity index (χ1n) is 4.62. The largest absolute Gasteiger partial charge is 0.295 e. The summed E-state index contributed by atoms with van der Waals surface area (Å²) in [5.74, 6) is -0.674. The van der Waals surface area contributed by atoms with Crippen molar-refractivity contribution in [2.24, 2.45) is 0 Å². The van der Waals surface area contributed by atoms with Crippen LogP contribution in [0.25, 0.3) is 11.4 Å². The monoisotopic (exact) mass is 251 g/mol. The fourth-order valence-electron chi connectivity index (χ4n) is 1.22. The molecule has 3 N–H and O–H groups in total. The van der Waals surface area contributed by atoms with Crippen LogP contribution in [0, 0.1) is 0 Å². The smallest absolute Gasteiger partial charge is 0.288 e. The quantitative estimate of drug-likeness (QED) is 0.321. The van der Waals surface area contributed by atoms with Crippen LogP contribution in [0.4, 0.5) is 0 Å². The van der Waals surface area contributed by atoms with E-state index in [-0.39, 0.29) is 5.69 Å². The number of nitrogens with zero attached hydrogens (tertiary/aromatic N) is 3.